The number of hydrogen-bond acceptors (Lipinski definition) is 4. The van der Waals surface area contributed by atoms with Gasteiger partial charge in [0.2, 0.25) is 0 Å². The van der Waals surface area contributed by atoms with Crippen LogP contribution in [0.15, 0.2) is 12.1 Å². The zero-order valence-electron chi connectivity index (χ0n) is 11.1. The molecule has 0 radical (unpaired) electrons. The number of carbonyl (C=O) groups is 1. The van der Waals surface area contributed by atoms with Crippen LogP contribution in [0.1, 0.15) is 42.7 Å². The molecule has 4 rings (SSSR count). The summed E-state index contributed by atoms with van der Waals surface area (Å²) >= 11 is 0. The molecule has 1 aromatic carbocycles. The Morgan fingerprint density at radius 1 is 1.26 bits per heavy atom. The fraction of sp³-hybridized carbons (Fsp3) is 0.533. The van der Waals surface area contributed by atoms with Crippen LogP contribution in [0.3, 0.4) is 0 Å². The van der Waals surface area contributed by atoms with Crippen LogP contribution in [0, 0.1) is 5.92 Å². The highest BCUT2D eigenvalue weighted by Gasteiger charge is 2.52. The lowest BCUT2D eigenvalue weighted by atomic mass is 9.81. The minimum Gasteiger partial charge on any atom is -0.493 e. The molecule has 0 unspecified atom stereocenters. The second kappa shape index (κ2) is 4.62. The number of carbonyl (C=O) groups excluding carboxylic acids is 1. The average Bonchev–Trinajstić information content (AvgIpc) is 3.11. The maximum atomic E-state index is 11.0. The number of aliphatic hydroxyl groups is 1. The van der Waals surface area contributed by atoms with Crippen molar-refractivity contribution in [2.24, 2.45) is 5.92 Å². The molecule has 4 heteroatoms. The fourth-order valence-corrected chi connectivity index (χ4v) is 3.15. The Morgan fingerprint density at radius 3 is 2.74 bits per heavy atom. The summed E-state index contributed by atoms with van der Waals surface area (Å²) in [5, 5.41) is 9.98. The van der Waals surface area contributed by atoms with E-state index in [1.165, 1.54) is 5.56 Å². The first-order chi connectivity index (χ1) is 9.29. The predicted octanol–water partition coefficient (Wildman–Crippen LogP) is 1.95. The number of hydrogen-bond donors (Lipinski definition) is 1. The number of aliphatic hydroxyl groups excluding tert-OH is 1. The van der Waals surface area contributed by atoms with E-state index >= 15 is 0 Å². The first kappa shape index (κ1) is 12.6. The van der Waals surface area contributed by atoms with Crippen molar-refractivity contribution in [3.05, 3.63) is 28.8 Å². The molecular formula is C15H18O4. The fourth-order valence-electron chi connectivity index (χ4n) is 3.15. The molecular weight excluding hydrogens is 244 g/mol. The van der Waals surface area contributed by atoms with Crippen molar-refractivity contribution in [3.8, 4) is 5.75 Å². The van der Waals surface area contributed by atoms with Gasteiger partial charge in [-0.05, 0) is 28.8 Å². The molecule has 4 atom stereocenters. The third-order valence-corrected chi connectivity index (χ3v) is 4.01. The topological polar surface area (TPSA) is 55.8 Å². The molecule has 0 amide bonds. The van der Waals surface area contributed by atoms with Crippen molar-refractivity contribution < 1.29 is 19.4 Å². The lowest BCUT2D eigenvalue weighted by Gasteiger charge is -2.22. The third-order valence-electron chi connectivity index (χ3n) is 4.01. The van der Waals surface area contributed by atoms with E-state index in [0.29, 0.717) is 6.61 Å². The molecule has 1 N–H and O–H groups in total. The molecule has 1 fully saturated rings. The average molecular weight is 262 g/mol. The van der Waals surface area contributed by atoms with Gasteiger partial charge in [-0.2, -0.15) is 0 Å². The molecule has 4 nitrogen and oxygen atoms in total. The van der Waals surface area contributed by atoms with Crippen LogP contribution >= 0.6 is 0 Å². The van der Waals surface area contributed by atoms with Crippen molar-refractivity contribution in [3.63, 3.8) is 0 Å². The van der Waals surface area contributed by atoms with Crippen LogP contribution in [-0.4, -0.2) is 24.1 Å². The Balaban J connectivity index is 0.000000528. The van der Waals surface area contributed by atoms with Crippen LogP contribution in [0.2, 0.25) is 0 Å². The Kier molecular flexibility index (Phi) is 3.07. The zero-order valence-corrected chi connectivity index (χ0v) is 11.1. The summed E-state index contributed by atoms with van der Waals surface area (Å²) in [6.45, 7) is 4.72. The highest BCUT2D eigenvalue weighted by Crippen LogP contribution is 2.54. The second-order valence-electron chi connectivity index (χ2n) is 4.87. The van der Waals surface area contributed by atoms with Gasteiger partial charge in [0, 0.05) is 6.42 Å². The molecule has 19 heavy (non-hydrogen) atoms. The van der Waals surface area contributed by atoms with Gasteiger partial charge in [0.25, 0.3) is 0 Å². The van der Waals surface area contributed by atoms with Crippen LogP contribution in [0.25, 0.3) is 0 Å². The van der Waals surface area contributed by atoms with E-state index in [2.05, 4.69) is 6.07 Å². The summed E-state index contributed by atoms with van der Waals surface area (Å²) in [6.07, 6.45) is 0.369. The SMILES string of the molecule is CC.O=C[C@@H]1[C@H](O)[C@H]2O[C@@H]1c1cc3c(cc12)OCC3. The van der Waals surface area contributed by atoms with E-state index in [0.717, 1.165) is 29.6 Å². The van der Waals surface area contributed by atoms with Gasteiger partial charge in [-0.3, -0.25) is 0 Å². The van der Waals surface area contributed by atoms with E-state index in [9.17, 15) is 9.90 Å². The van der Waals surface area contributed by atoms with E-state index in [1.807, 2.05) is 19.9 Å². The molecule has 1 aromatic rings. The number of ether oxygens (including phenoxy) is 2. The van der Waals surface area contributed by atoms with Crippen molar-refractivity contribution >= 4 is 6.29 Å². The maximum Gasteiger partial charge on any atom is 0.128 e. The van der Waals surface area contributed by atoms with Crippen LogP contribution in [-0.2, 0) is 16.0 Å². The highest BCUT2D eigenvalue weighted by atomic mass is 16.5. The van der Waals surface area contributed by atoms with E-state index < -0.39 is 12.0 Å². The molecule has 0 saturated carbocycles. The Bertz CT molecular complexity index is 511. The number of rotatable bonds is 1. The van der Waals surface area contributed by atoms with Gasteiger partial charge in [-0.15, -0.1) is 0 Å². The Hall–Kier alpha value is -1.39. The summed E-state index contributed by atoms with van der Waals surface area (Å²) in [6, 6.07) is 4.04. The lowest BCUT2D eigenvalue weighted by Crippen LogP contribution is -2.27. The number of aldehydes is 1. The van der Waals surface area contributed by atoms with Crippen LogP contribution < -0.4 is 4.74 Å². The highest BCUT2D eigenvalue weighted by molar-refractivity contribution is 5.62. The lowest BCUT2D eigenvalue weighted by molar-refractivity contribution is -0.114. The standard InChI is InChI=1S/C13H12O4.C2H6/c14-5-9-11(15)13-8-4-10-6(1-2-16-10)3-7(8)12(9)17-13;1-2/h3-5,9,11-13,15H,1-2H2;1-2H3/t9-,11+,12-,13+;/m1./s1. The molecule has 0 spiro atoms. The predicted molar refractivity (Wildman–Crippen MR) is 69.1 cm³/mol. The summed E-state index contributed by atoms with van der Waals surface area (Å²) in [7, 11) is 0. The first-order valence-corrected chi connectivity index (χ1v) is 6.88. The van der Waals surface area contributed by atoms with E-state index in [1.54, 1.807) is 0 Å². The minimum absolute atomic E-state index is 0.270. The third kappa shape index (κ3) is 1.63. The van der Waals surface area contributed by atoms with Gasteiger partial charge >= 0.3 is 0 Å². The number of fused-ring (bicyclic) bond motifs is 6. The summed E-state index contributed by atoms with van der Waals surface area (Å²) in [4.78, 5) is 11.0. The molecule has 3 aliphatic rings. The Morgan fingerprint density at radius 2 is 2.00 bits per heavy atom. The molecule has 3 aliphatic heterocycles. The van der Waals surface area contributed by atoms with Gasteiger partial charge < -0.3 is 19.4 Å². The normalized spacial score (nSPS) is 33.0. The van der Waals surface area contributed by atoms with Crippen molar-refractivity contribution in [1.82, 2.24) is 0 Å². The largest absolute Gasteiger partial charge is 0.493 e. The quantitative estimate of drug-likeness (QED) is 0.786. The summed E-state index contributed by atoms with van der Waals surface area (Å²) < 4.78 is 11.2. The van der Waals surface area contributed by atoms with Crippen molar-refractivity contribution in [2.75, 3.05) is 6.61 Å². The molecule has 1 saturated heterocycles. The van der Waals surface area contributed by atoms with Gasteiger partial charge in [0.15, 0.2) is 0 Å². The molecule has 102 valence electrons. The van der Waals surface area contributed by atoms with E-state index in [-0.39, 0.29) is 12.2 Å². The van der Waals surface area contributed by atoms with Gasteiger partial charge in [-0.25, -0.2) is 0 Å². The maximum absolute atomic E-state index is 11.0. The van der Waals surface area contributed by atoms with Crippen LogP contribution in [0.5, 0.6) is 5.75 Å². The van der Waals surface area contributed by atoms with Gasteiger partial charge in [0.05, 0.1) is 24.7 Å². The molecule has 2 bridgehead atoms. The van der Waals surface area contributed by atoms with Crippen LogP contribution in [0.4, 0.5) is 0 Å². The minimum atomic E-state index is -0.718. The monoisotopic (exact) mass is 262 g/mol. The first-order valence-electron chi connectivity index (χ1n) is 6.88. The van der Waals surface area contributed by atoms with E-state index in [4.69, 9.17) is 9.47 Å². The van der Waals surface area contributed by atoms with Gasteiger partial charge in [0.1, 0.15) is 18.1 Å². The van der Waals surface area contributed by atoms with Crippen molar-refractivity contribution in [1.29, 1.82) is 0 Å². The number of benzene rings is 1. The second-order valence-corrected chi connectivity index (χ2v) is 4.87. The summed E-state index contributed by atoms with van der Waals surface area (Å²) in [5.41, 5.74) is 3.22. The Labute approximate surface area is 112 Å². The molecule has 0 aromatic heterocycles. The molecule has 0 aliphatic carbocycles. The van der Waals surface area contributed by atoms with Crippen molar-refractivity contribution in [2.45, 2.75) is 38.6 Å². The molecule has 3 heterocycles. The zero-order chi connectivity index (χ0) is 13.6. The summed E-state index contributed by atoms with van der Waals surface area (Å²) in [5.74, 6) is 0.475. The smallest absolute Gasteiger partial charge is 0.128 e. The van der Waals surface area contributed by atoms with Gasteiger partial charge in [-0.1, -0.05) is 13.8 Å².